The number of unbranched alkanes of at least 4 members (excludes halogenated alkanes) is 2. The number of morpholine rings is 1. The van der Waals surface area contributed by atoms with Crippen LogP contribution in [0.15, 0.2) is 54.1 Å². The fourth-order valence-electron chi connectivity index (χ4n) is 11.9. The molecule has 1 saturated carbocycles. The van der Waals surface area contributed by atoms with Crippen LogP contribution in [0.2, 0.25) is 5.02 Å². The van der Waals surface area contributed by atoms with E-state index in [1.807, 2.05) is 50.8 Å². The lowest BCUT2D eigenvalue weighted by Crippen LogP contribution is -2.53. The number of allylic oxidation sites excluding steroid dienone is 3. The topological polar surface area (TPSA) is 293 Å². The van der Waals surface area contributed by atoms with E-state index < -0.39 is 89.3 Å². The summed E-state index contributed by atoms with van der Waals surface area (Å²) in [5.74, 6) is -3.59. The number of nitrogens with two attached hydrogens (primary N) is 1. The zero-order valence-electron chi connectivity index (χ0n) is 54.5. The normalized spacial score (nSPS) is 22.2. The molecule has 0 unspecified atom stereocenters. The van der Waals surface area contributed by atoms with Crippen LogP contribution in [-0.2, 0) is 70.0 Å². The number of methoxy groups -OCH3 is 2. The smallest absolute Gasteiger partial charge is 0.328 e. The van der Waals surface area contributed by atoms with Crippen LogP contribution in [0.25, 0.3) is 0 Å². The van der Waals surface area contributed by atoms with Gasteiger partial charge in [0.05, 0.1) is 57.1 Å². The minimum atomic E-state index is -1.61. The maximum Gasteiger partial charge on any atom is 0.328 e. The number of carbonyl (C=O) groups is 8. The number of hydrogen-bond donors (Lipinski definition) is 5. The van der Waals surface area contributed by atoms with Crippen molar-refractivity contribution in [3.63, 3.8) is 0 Å². The second kappa shape index (κ2) is 33.6. The molecule has 1 aliphatic carbocycles. The van der Waals surface area contributed by atoms with Gasteiger partial charge in [-0.05, 0) is 120 Å². The fourth-order valence-corrected chi connectivity index (χ4v) is 12.2. The Morgan fingerprint density at radius 2 is 1.70 bits per heavy atom. The summed E-state index contributed by atoms with van der Waals surface area (Å²) in [6.45, 7) is 14.8. The van der Waals surface area contributed by atoms with E-state index in [1.165, 1.54) is 19.1 Å². The third-order valence-electron chi connectivity index (χ3n) is 18.2. The van der Waals surface area contributed by atoms with E-state index in [0.717, 1.165) is 36.1 Å². The summed E-state index contributed by atoms with van der Waals surface area (Å²) in [5.41, 5.74) is 6.86. The van der Waals surface area contributed by atoms with Crippen LogP contribution >= 0.6 is 11.6 Å². The Morgan fingerprint density at radius 1 is 0.978 bits per heavy atom. The SMILES string of the molecule is CNc1cc(C/C(C)=C/C=C/[C@@H](OC)[C@]2(O)CC(=O)O[C@H]([C@@H](C)[C@@H]3O[C@@]3(C)[C@H](C)OC(=O)[C@H](C)N(C)C(=O)c3ccc(CC(=O)[C@H](CCCNC(N)=O)NC(=O)[C@@H](CC(=O)CCCCCOC(=O)C4CCC4)C(C)C)c(N4CCOCC4)c3)C2)cc(OC)c1Cl. The van der Waals surface area contributed by atoms with Crippen molar-refractivity contribution in [2.45, 2.75) is 186 Å². The molecular weight excluding hydrogens is 1180 g/mol. The van der Waals surface area contributed by atoms with Crippen LogP contribution in [0.3, 0.4) is 0 Å². The van der Waals surface area contributed by atoms with Crippen molar-refractivity contribution in [3.05, 3.63) is 75.8 Å². The lowest BCUT2D eigenvalue weighted by atomic mass is 9.79. The van der Waals surface area contributed by atoms with Gasteiger partial charge in [0.25, 0.3) is 5.91 Å². The number of Topliss-reactive ketones (excluding diaryl/α,β-unsaturated/α-hetero) is 2. The van der Waals surface area contributed by atoms with Gasteiger partial charge in [-0.25, -0.2) is 9.59 Å². The molecule has 23 heteroatoms. The Bertz CT molecular complexity index is 2890. The van der Waals surface area contributed by atoms with E-state index in [1.54, 1.807) is 65.3 Å². The molecule has 3 saturated heterocycles. The lowest BCUT2D eigenvalue weighted by Gasteiger charge is -2.41. The number of esters is 3. The highest BCUT2D eigenvalue weighted by atomic mass is 35.5. The quantitative estimate of drug-likeness (QED) is 0.0145. The van der Waals surface area contributed by atoms with Gasteiger partial charge >= 0.3 is 23.9 Å². The molecule has 0 aromatic heterocycles. The van der Waals surface area contributed by atoms with Gasteiger partial charge in [-0.1, -0.05) is 68.7 Å². The number of primary amides is 1. The van der Waals surface area contributed by atoms with E-state index >= 15 is 0 Å². The second-order valence-corrected chi connectivity index (χ2v) is 25.6. The summed E-state index contributed by atoms with van der Waals surface area (Å²) in [7, 11) is 6.31. The van der Waals surface area contributed by atoms with E-state index in [4.69, 9.17) is 50.5 Å². The molecule has 4 amide bonds. The number of cyclic esters (lactones) is 1. The lowest BCUT2D eigenvalue weighted by molar-refractivity contribution is -0.187. The van der Waals surface area contributed by atoms with Crippen molar-refractivity contribution in [2.24, 2.45) is 29.4 Å². The number of epoxide rings is 1. The molecule has 2 aromatic carbocycles. The van der Waals surface area contributed by atoms with Crippen LogP contribution in [0.4, 0.5) is 16.2 Å². The molecule has 4 aliphatic rings. The minimum Gasteiger partial charge on any atom is -0.495 e. The van der Waals surface area contributed by atoms with Gasteiger partial charge in [-0.2, -0.15) is 0 Å². The predicted octanol–water partition coefficient (Wildman–Crippen LogP) is 7.79. The highest BCUT2D eigenvalue weighted by Gasteiger charge is 2.63. The molecule has 3 heterocycles. The fraction of sp³-hybridized carbons (Fsp3) is 0.642. The van der Waals surface area contributed by atoms with Crippen LogP contribution in [0, 0.1) is 23.7 Å². The average Bonchev–Trinajstić information content (AvgIpc) is 1.57. The number of likely N-dealkylation sites (N-methyl/N-ethyl adjacent to an activating group) is 1. The van der Waals surface area contributed by atoms with Crippen molar-refractivity contribution >= 4 is 70.3 Å². The Balaban J connectivity index is 1.06. The van der Waals surface area contributed by atoms with E-state index in [9.17, 15) is 43.5 Å². The third kappa shape index (κ3) is 19.7. The van der Waals surface area contributed by atoms with Gasteiger partial charge in [0, 0.05) is 89.6 Å². The van der Waals surface area contributed by atoms with E-state index in [-0.39, 0.29) is 80.0 Å². The first-order chi connectivity index (χ1) is 42.7. The number of nitrogens with one attached hydrogen (secondary N) is 3. The van der Waals surface area contributed by atoms with Crippen molar-refractivity contribution in [2.75, 3.05) is 78.0 Å². The molecule has 4 fully saturated rings. The first-order valence-electron chi connectivity index (χ1n) is 31.7. The van der Waals surface area contributed by atoms with E-state index in [2.05, 4.69) is 16.0 Å². The number of aliphatic hydroxyl groups is 1. The second-order valence-electron chi connectivity index (χ2n) is 25.2. The highest BCUT2D eigenvalue weighted by Crippen LogP contribution is 2.49. The molecule has 6 rings (SSSR count). The number of nitrogens with zero attached hydrogens (tertiary/aromatic N) is 2. The van der Waals surface area contributed by atoms with Gasteiger partial charge in [-0.3, -0.25) is 28.8 Å². The number of ketones is 2. The Hall–Kier alpha value is -6.59. The van der Waals surface area contributed by atoms with Crippen LogP contribution in [0.1, 0.15) is 147 Å². The average molecular weight is 1280 g/mol. The molecular formula is C67H97ClN6O16. The maximum atomic E-state index is 14.5. The van der Waals surface area contributed by atoms with Gasteiger partial charge in [0.15, 0.2) is 5.78 Å². The molecule has 10 atom stereocenters. The third-order valence-corrected chi connectivity index (χ3v) is 18.6. The monoisotopic (exact) mass is 1280 g/mol. The molecule has 90 heavy (non-hydrogen) atoms. The zero-order valence-corrected chi connectivity index (χ0v) is 55.2. The number of anilines is 2. The number of amides is 4. The Labute approximate surface area is 535 Å². The van der Waals surface area contributed by atoms with Gasteiger partial charge in [0.2, 0.25) is 5.91 Å². The summed E-state index contributed by atoms with van der Waals surface area (Å²) >= 11 is 6.43. The summed E-state index contributed by atoms with van der Waals surface area (Å²) < 4.78 is 40.4. The summed E-state index contributed by atoms with van der Waals surface area (Å²) in [4.78, 5) is 110. The molecule has 2 aromatic rings. The van der Waals surface area contributed by atoms with Gasteiger partial charge in [0.1, 0.15) is 52.1 Å². The van der Waals surface area contributed by atoms with Crippen molar-refractivity contribution in [1.29, 1.82) is 0 Å². The number of benzene rings is 2. The maximum absolute atomic E-state index is 14.5. The Morgan fingerprint density at radius 3 is 2.34 bits per heavy atom. The van der Waals surface area contributed by atoms with Crippen molar-refractivity contribution < 1.29 is 76.6 Å². The first-order valence-corrected chi connectivity index (χ1v) is 32.1. The zero-order chi connectivity index (χ0) is 66.0. The number of rotatable bonds is 35. The molecule has 22 nitrogen and oxygen atoms in total. The van der Waals surface area contributed by atoms with E-state index in [0.29, 0.717) is 87.0 Å². The number of halogens is 1. The predicted molar refractivity (Wildman–Crippen MR) is 340 cm³/mol. The molecule has 498 valence electrons. The number of hydrogen-bond acceptors (Lipinski definition) is 18. The summed E-state index contributed by atoms with van der Waals surface area (Å²) in [5, 5.41) is 21.1. The summed E-state index contributed by atoms with van der Waals surface area (Å²) in [6, 6.07) is 6.02. The van der Waals surface area contributed by atoms with Crippen molar-refractivity contribution in [1.82, 2.24) is 15.5 Å². The minimum absolute atomic E-state index is 0.00910. The van der Waals surface area contributed by atoms with Gasteiger partial charge < -0.3 is 69.7 Å². The standard InChI is InChI=1S/C67H97ClN6O16/c1-40(2)50(37-49(75)21-13-12-14-29-87-64(81)46-19-16-20-46)61(78)72-51(22-17-26-71-65(69)82)54(76)36-47-24-25-48(35-53(47)74-27-30-86-31-28-74)62(79)73(9)43(5)63(80)88-44(6)66(7)60(90-66)42(4)56-38-67(83,39-58(77)89-56)57(85-11)23-15-18-41(3)32-45-33-52(70-8)59(68)55(34-45)84-10/h15,18,23-25,33-35,40,42-44,46,50-51,56-57,60,70,83H,12-14,16-17,19-22,26-32,36-39H2,1-11H3,(H,72,78)(H3,69,71,82)/b23-15+,41-18+/t42-,43+,44+,50+,51+,56+,57-,60+,66+,67-/m1/s1. The summed E-state index contributed by atoms with van der Waals surface area (Å²) in [6.07, 6.45) is 8.09. The van der Waals surface area contributed by atoms with Crippen molar-refractivity contribution in [3.8, 4) is 5.75 Å². The highest BCUT2D eigenvalue weighted by molar-refractivity contribution is 6.34. The number of carbonyl (C=O) groups excluding carboxylic acids is 8. The largest absolute Gasteiger partial charge is 0.495 e. The molecule has 0 spiro atoms. The number of ether oxygens (including phenoxy) is 7. The van der Waals surface area contributed by atoms with Crippen LogP contribution < -0.4 is 31.3 Å². The van der Waals surface area contributed by atoms with Crippen LogP contribution in [-0.4, -0.2) is 173 Å². The number of urea groups is 1. The molecule has 0 bridgehead atoms. The first kappa shape index (κ1) is 72.5. The Kier molecular flexibility index (Phi) is 27.1. The molecule has 6 N–H and O–H groups in total. The van der Waals surface area contributed by atoms with Crippen LogP contribution in [0.5, 0.6) is 5.75 Å². The molecule has 3 aliphatic heterocycles. The molecule has 0 radical (unpaired) electrons. The van der Waals surface area contributed by atoms with Gasteiger partial charge in [-0.15, -0.1) is 0 Å².